The number of thiophene rings is 1. The van der Waals surface area contributed by atoms with Crippen molar-refractivity contribution in [1.29, 1.82) is 0 Å². The molecule has 1 saturated carbocycles. The van der Waals surface area contributed by atoms with Gasteiger partial charge in [-0.1, -0.05) is 25.1 Å². The fourth-order valence-electron chi connectivity index (χ4n) is 5.61. The Bertz CT molecular complexity index is 1240. The van der Waals surface area contributed by atoms with E-state index in [0.717, 1.165) is 70.3 Å². The maximum Gasteiger partial charge on any atom is 0.229 e. The number of carbonyl (C=O) groups excluding carboxylic acids is 2. The molecule has 1 atom stereocenters. The maximum atomic E-state index is 13.4. The first-order chi connectivity index (χ1) is 17.6. The molecule has 3 heterocycles. The number of benzene rings is 1. The van der Waals surface area contributed by atoms with Crippen LogP contribution in [0.2, 0.25) is 0 Å². The second-order valence-electron chi connectivity index (χ2n) is 11.4. The SMILES string of the molecule is CC1(C(=O)NC(CCN2CCC3(CC2)CCN(Cc2ccc(S(C)(=O)=O)cc2)C3=O)c2cccs2)CC1.Cl. The number of rotatable bonds is 9. The topological polar surface area (TPSA) is 86.8 Å². The Morgan fingerprint density at radius 3 is 2.29 bits per heavy atom. The smallest absolute Gasteiger partial charge is 0.229 e. The number of likely N-dealkylation sites (tertiary alicyclic amines) is 2. The predicted molar refractivity (Wildman–Crippen MR) is 152 cm³/mol. The van der Waals surface area contributed by atoms with Crippen LogP contribution in [0.1, 0.15) is 61.9 Å². The van der Waals surface area contributed by atoms with Gasteiger partial charge in [-0.05, 0) is 80.8 Å². The lowest BCUT2D eigenvalue weighted by atomic mass is 9.77. The molecule has 7 nitrogen and oxygen atoms in total. The lowest BCUT2D eigenvalue weighted by molar-refractivity contribution is -0.139. The van der Waals surface area contributed by atoms with Crippen LogP contribution < -0.4 is 5.32 Å². The number of carbonyl (C=O) groups is 2. The second kappa shape index (κ2) is 11.3. The number of halogens is 1. The summed E-state index contributed by atoms with van der Waals surface area (Å²) in [5.74, 6) is 0.409. The van der Waals surface area contributed by atoms with Gasteiger partial charge in [0.15, 0.2) is 9.84 Å². The number of sulfone groups is 1. The lowest BCUT2D eigenvalue weighted by Crippen LogP contribution is -2.45. The van der Waals surface area contributed by atoms with E-state index >= 15 is 0 Å². The summed E-state index contributed by atoms with van der Waals surface area (Å²) in [5.41, 5.74) is 0.500. The van der Waals surface area contributed by atoms with Gasteiger partial charge in [-0.15, -0.1) is 23.7 Å². The van der Waals surface area contributed by atoms with Crippen molar-refractivity contribution in [3.63, 3.8) is 0 Å². The van der Waals surface area contributed by atoms with Crippen molar-refractivity contribution in [3.8, 4) is 0 Å². The number of nitrogens with one attached hydrogen (secondary N) is 1. The Labute approximate surface area is 236 Å². The first-order valence-electron chi connectivity index (χ1n) is 13.2. The predicted octanol–water partition coefficient (Wildman–Crippen LogP) is 4.44. The van der Waals surface area contributed by atoms with E-state index in [0.29, 0.717) is 11.4 Å². The molecule has 0 radical (unpaired) electrons. The van der Waals surface area contributed by atoms with Crippen LogP contribution in [0.25, 0.3) is 0 Å². The van der Waals surface area contributed by atoms with Gasteiger partial charge in [-0.25, -0.2) is 8.42 Å². The minimum Gasteiger partial charge on any atom is -0.348 e. The summed E-state index contributed by atoms with van der Waals surface area (Å²) >= 11 is 1.70. The van der Waals surface area contributed by atoms with E-state index in [1.54, 1.807) is 23.5 Å². The molecule has 3 fully saturated rings. The summed E-state index contributed by atoms with van der Waals surface area (Å²) in [7, 11) is -3.22. The average molecular weight is 580 g/mol. The number of hydrogen-bond donors (Lipinski definition) is 1. The molecular formula is C28H38ClN3O4S2. The highest BCUT2D eigenvalue weighted by molar-refractivity contribution is 7.90. The summed E-state index contributed by atoms with van der Waals surface area (Å²) in [6, 6.07) is 11.1. The molecule has 0 bridgehead atoms. The van der Waals surface area contributed by atoms with Crippen molar-refractivity contribution in [3.05, 3.63) is 52.2 Å². The van der Waals surface area contributed by atoms with Crippen LogP contribution >= 0.6 is 23.7 Å². The zero-order chi connectivity index (χ0) is 26.3. The third-order valence-electron chi connectivity index (χ3n) is 8.61. The highest BCUT2D eigenvalue weighted by Gasteiger charge is 2.48. The van der Waals surface area contributed by atoms with E-state index in [-0.39, 0.29) is 41.1 Å². The van der Waals surface area contributed by atoms with E-state index in [4.69, 9.17) is 0 Å². The first kappa shape index (κ1) is 29.1. The Balaban J connectivity index is 0.00000336. The zero-order valence-corrected chi connectivity index (χ0v) is 24.6. The quantitative estimate of drug-likeness (QED) is 0.475. The molecule has 3 aliphatic rings. The Morgan fingerprint density at radius 1 is 1.05 bits per heavy atom. The maximum absolute atomic E-state index is 13.4. The van der Waals surface area contributed by atoms with Crippen LogP contribution in [-0.2, 0) is 26.0 Å². The molecule has 2 aromatic rings. The van der Waals surface area contributed by atoms with Crippen LogP contribution in [-0.4, -0.2) is 62.5 Å². The van der Waals surface area contributed by atoms with Gasteiger partial charge in [-0.2, -0.15) is 0 Å². The molecule has 1 aliphatic carbocycles. The highest BCUT2D eigenvalue weighted by atomic mass is 35.5. The molecule has 38 heavy (non-hydrogen) atoms. The first-order valence-corrected chi connectivity index (χ1v) is 16.0. The van der Waals surface area contributed by atoms with Gasteiger partial charge in [0.25, 0.3) is 0 Å². The van der Waals surface area contributed by atoms with Gasteiger partial charge >= 0.3 is 0 Å². The largest absolute Gasteiger partial charge is 0.348 e. The van der Waals surface area contributed by atoms with E-state index in [2.05, 4.69) is 21.7 Å². The molecular weight excluding hydrogens is 542 g/mol. The minimum absolute atomic E-state index is 0. The van der Waals surface area contributed by atoms with Gasteiger partial charge in [0.05, 0.1) is 16.4 Å². The Morgan fingerprint density at radius 2 is 1.71 bits per heavy atom. The van der Waals surface area contributed by atoms with Crippen molar-refractivity contribution in [2.24, 2.45) is 10.8 Å². The molecule has 5 rings (SSSR count). The fourth-order valence-corrected chi connectivity index (χ4v) is 7.05. The van der Waals surface area contributed by atoms with Gasteiger partial charge < -0.3 is 15.1 Å². The van der Waals surface area contributed by atoms with E-state index in [1.165, 1.54) is 11.1 Å². The number of nitrogens with zero attached hydrogens (tertiary/aromatic N) is 2. The van der Waals surface area contributed by atoms with Crippen LogP contribution in [0.5, 0.6) is 0 Å². The fraction of sp³-hybridized carbons (Fsp3) is 0.571. The van der Waals surface area contributed by atoms with Crippen LogP contribution in [0.4, 0.5) is 0 Å². The number of piperidine rings is 1. The molecule has 2 amide bonds. The van der Waals surface area contributed by atoms with Crippen molar-refractivity contribution < 1.29 is 18.0 Å². The number of hydrogen-bond acceptors (Lipinski definition) is 6. The summed E-state index contributed by atoms with van der Waals surface area (Å²) in [5, 5.41) is 5.37. The monoisotopic (exact) mass is 579 g/mol. The van der Waals surface area contributed by atoms with Gasteiger partial charge in [0.2, 0.25) is 11.8 Å². The van der Waals surface area contributed by atoms with Crippen LogP contribution in [0.15, 0.2) is 46.7 Å². The molecule has 1 unspecified atom stereocenters. The summed E-state index contributed by atoms with van der Waals surface area (Å²) in [6.45, 7) is 6.01. The molecule has 1 N–H and O–H groups in total. The molecule has 1 aromatic carbocycles. The summed E-state index contributed by atoms with van der Waals surface area (Å²) in [4.78, 5) is 32.0. The van der Waals surface area contributed by atoms with Crippen molar-refractivity contribution in [1.82, 2.24) is 15.1 Å². The van der Waals surface area contributed by atoms with Crippen molar-refractivity contribution in [2.75, 3.05) is 32.4 Å². The lowest BCUT2D eigenvalue weighted by Gasteiger charge is -2.38. The van der Waals surface area contributed by atoms with Gasteiger partial charge in [-0.3, -0.25) is 9.59 Å². The standard InChI is InChI=1S/C28H37N3O4S2.ClH/c1-27(10-11-27)25(32)29-23(24-4-3-19-36-24)9-15-30-16-12-28(13-17-30)14-18-31(26(28)33)20-21-5-7-22(8-6-21)37(2,34)35;/h3-8,19,23H,9-18,20H2,1-2H3,(H,29,32);1H. The van der Waals surface area contributed by atoms with Gasteiger partial charge in [0, 0.05) is 36.2 Å². The van der Waals surface area contributed by atoms with Crippen molar-refractivity contribution >= 4 is 45.4 Å². The second-order valence-corrected chi connectivity index (χ2v) is 14.4. The summed E-state index contributed by atoms with van der Waals surface area (Å²) in [6.07, 6.45) is 6.64. The third-order valence-corrected chi connectivity index (χ3v) is 10.7. The molecule has 10 heteroatoms. The summed E-state index contributed by atoms with van der Waals surface area (Å²) < 4.78 is 23.4. The normalized spacial score (nSPS) is 21.2. The molecule has 2 saturated heterocycles. The number of amides is 2. The van der Waals surface area contributed by atoms with Crippen molar-refractivity contribution in [2.45, 2.75) is 62.9 Å². The van der Waals surface area contributed by atoms with Crippen LogP contribution in [0.3, 0.4) is 0 Å². The third kappa shape index (κ3) is 6.27. The average Bonchev–Trinajstić information content (AvgIpc) is 3.28. The van der Waals surface area contributed by atoms with E-state index in [1.807, 2.05) is 30.0 Å². The van der Waals surface area contributed by atoms with E-state index < -0.39 is 9.84 Å². The van der Waals surface area contributed by atoms with Crippen LogP contribution in [0, 0.1) is 10.8 Å². The molecule has 2 aliphatic heterocycles. The highest BCUT2D eigenvalue weighted by Crippen LogP contribution is 2.46. The molecule has 1 spiro atoms. The minimum atomic E-state index is -3.22. The van der Waals surface area contributed by atoms with Gasteiger partial charge in [0.1, 0.15) is 0 Å². The molecule has 1 aromatic heterocycles. The Kier molecular flexibility index (Phi) is 8.62. The zero-order valence-electron chi connectivity index (χ0n) is 22.1. The molecule has 208 valence electrons. The Hall–Kier alpha value is -1.94. The van der Waals surface area contributed by atoms with E-state index in [9.17, 15) is 18.0 Å².